The van der Waals surface area contributed by atoms with Crippen molar-refractivity contribution in [3.05, 3.63) is 102 Å². The molecule has 1 amide bonds. The Morgan fingerprint density at radius 3 is 2.29 bits per heavy atom. The highest BCUT2D eigenvalue weighted by molar-refractivity contribution is 5.76. The van der Waals surface area contributed by atoms with Gasteiger partial charge < -0.3 is 15.2 Å². The van der Waals surface area contributed by atoms with E-state index in [1.54, 1.807) is 0 Å². The monoisotopic (exact) mass is 417 g/mol. The maximum absolute atomic E-state index is 12.6. The van der Waals surface area contributed by atoms with Crippen molar-refractivity contribution in [3.63, 3.8) is 0 Å². The van der Waals surface area contributed by atoms with E-state index in [0.717, 1.165) is 35.3 Å². The molecule has 4 nitrogen and oxygen atoms in total. The zero-order valence-electron chi connectivity index (χ0n) is 18.0. The van der Waals surface area contributed by atoms with E-state index >= 15 is 0 Å². The molecule has 0 heterocycles. The summed E-state index contributed by atoms with van der Waals surface area (Å²) in [6, 6.07) is 27.3. The van der Waals surface area contributed by atoms with Crippen LogP contribution in [0.1, 0.15) is 54.8 Å². The van der Waals surface area contributed by atoms with Gasteiger partial charge in [-0.15, -0.1) is 0 Å². The number of ether oxygens (including phenoxy) is 1. The van der Waals surface area contributed by atoms with Crippen molar-refractivity contribution in [1.29, 1.82) is 0 Å². The second-order valence-electron chi connectivity index (χ2n) is 7.70. The molecule has 3 aromatic rings. The Kier molecular flexibility index (Phi) is 8.68. The van der Waals surface area contributed by atoms with E-state index in [4.69, 9.17) is 4.74 Å². The SMILES string of the molecule is CCCCC(=O)NC(c1cccc(OCc2ccccc2)c1)[C@H](CO)c1ccccc1. The Hall–Kier alpha value is -3.11. The van der Waals surface area contributed by atoms with Crippen LogP contribution in [0, 0.1) is 0 Å². The molecular weight excluding hydrogens is 386 g/mol. The van der Waals surface area contributed by atoms with Crippen LogP contribution in [0.15, 0.2) is 84.9 Å². The van der Waals surface area contributed by atoms with Gasteiger partial charge in [0.25, 0.3) is 0 Å². The molecule has 0 aliphatic rings. The molecular formula is C27H31NO3. The van der Waals surface area contributed by atoms with Crippen LogP contribution in [0.3, 0.4) is 0 Å². The van der Waals surface area contributed by atoms with Crippen LogP contribution < -0.4 is 10.1 Å². The van der Waals surface area contributed by atoms with E-state index in [2.05, 4.69) is 12.2 Å². The van der Waals surface area contributed by atoms with E-state index in [0.29, 0.717) is 13.0 Å². The lowest BCUT2D eigenvalue weighted by atomic mass is 9.87. The molecule has 2 atom stereocenters. The van der Waals surface area contributed by atoms with E-state index in [1.807, 2.05) is 84.9 Å². The largest absolute Gasteiger partial charge is 0.489 e. The van der Waals surface area contributed by atoms with E-state index in [1.165, 1.54) is 0 Å². The van der Waals surface area contributed by atoms with Gasteiger partial charge >= 0.3 is 0 Å². The van der Waals surface area contributed by atoms with Gasteiger partial charge in [-0.25, -0.2) is 0 Å². The van der Waals surface area contributed by atoms with Crippen LogP contribution in [-0.2, 0) is 11.4 Å². The maximum atomic E-state index is 12.6. The van der Waals surface area contributed by atoms with Crippen molar-refractivity contribution < 1.29 is 14.6 Å². The number of carbonyl (C=O) groups is 1. The minimum Gasteiger partial charge on any atom is -0.489 e. The number of amides is 1. The van der Waals surface area contributed by atoms with Crippen molar-refractivity contribution in [1.82, 2.24) is 5.32 Å². The Morgan fingerprint density at radius 2 is 1.61 bits per heavy atom. The number of rotatable bonds is 11. The third-order valence-electron chi connectivity index (χ3n) is 5.37. The number of aliphatic hydroxyl groups excluding tert-OH is 1. The number of carbonyl (C=O) groups excluding carboxylic acids is 1. The number of benzene rings is 3. The lowest BCUT2D eigenvalue weighted by Crippen LogP contribution is -2.33. The van der Waals surface area contributed by atoms with Crippen molar-refractivity contribution in [2.24, 2.45) is 0 Å². The van der Waals surface area contributed by atoms with Crippen molar-refractivity contribution in [3.8, 4) is 5.75 Å². The van der Waals surface area contributed by atoms with Crippen LogP contribution >= 0.6 is 0 Å². The van der Waals surface area contributed by atoms with Crippen molar-refractivity contribution >= 4 is 5.91 Å². The number of hydrogen-bond acceptors (Lipinski definition) is 3. The highest BCUT2D eigenvalue weighted by atomic mass is 16.5. The molecule has 0 saturated heterocycles. The van der Waals surface area contributed by atoms with Gasteiger partial charge in [0, 0.05) is 12.3 Å². The van der Waals surface area contributed by atoms with Crippen LogP contribution in [0.25, 0.3) is 0 Å². The molecule has 0 aliphatic heterocycles. The lowest BCUT2D eigenvalue weighted by molar-refractivity contribution is -0.122. The first-order chi connectivity index (χ1) is 15.2. The molecule has 1 unspecified atom stereocenters. The van der Waals surface area contributed by atoms with Crippen LogP contribution in [0.5, 0.6) is 5.75 Å². The average Bonchev–Trinajstić information content (AvgIpc) is 2.83. The Labute approximate surface area is 184 Å². The summed E-state index contributed by atoms with van der Waals surface area (Å²) < 4.78 is 6.00. The molecule has 0 spiro atoms. The van der Waals surface area contributed by atoms with Gasteiger partial charge in [-0.1, -0.05) is 86.1 Å². The fourth-order valence-corrected chi connectivity index (χ4v) is 3.64. The molecule has 0 fully saturated rings. The molecule has 162 valence electrons. The van der Waals surface area contributed by atoms with Gasteiger partial charge in [0.1, 0.15) is 12.4 Å². The standard InChI is InChI=1S/C27H31NO3/c1-2-3-17-26(30)28-27(25(19-29)22-13-8-5-9-14-22)23-15-10-16-24(18-23)31-20-21-11-6-4-7-12-21/h4-16,18,25,27,29H,2-3,17,19-20H2,1H3,(H,28,30)/t25-,27?/m1/s1. The van der Waals surface area contributed by atoms with Crippen molar-refractivity contribution in [2.75, 3.05) is 6.61 Å². The van der Waals surface area contributed by atoms with E-state index in [9.17, 15) is 9.90 Å². The Bertz CT molecular complexity index is 927. The highest BCUT2D eigenvalue weighted by Gasteiger charge is 2.26. The first kappa shape index (κ1) is 22.6. The molecule has 31 heavy (non-hydrogen) atoms. The molecule has 0 bridgehead atoms. The number of hydrogen-bond donors (Lipinski definition) is 2. The summed E-state index contributed by atoms with van der Waals surface area (Å²) in [6.45, 7) is 2.47. The number of nitrogens with one attached hydrogen (secondary N) is 1. The minimum atomic E-state index is -0.350. The van der Waals surface area contributed by atoms with Gasteiger partial charge in [0.2, 0.25) is 5.91 Å². The Morgan fingerprint density at radius 1 is 0.935 bits per heavy atom. The zero-order chi connectivity index (χ0) is 21.9. The lowest BCUT2D eigenvalue weighted by Gasteiger charge is -2.28. The van der Waals surface area contributed by atoms with Gasteiger partial charge in [-0.05, 0) is 35.2 Å². The summed E-state index contributed by atoms with van der Waals surface area (Å²) in [7, 11) is 0. The summed E-state index contributed by atoms with van der Waals surface area (Å²) in [5.74, 6) is 0.479. The first-order valence-electron chi connectivity index (χ1n) is 10.9. The average molecular weight is 418 g/mol. The van der Waals surface area contributed by atoms with E-state index < -0.39 is 0 Å². The molecule has 0 radical (unpaired) electrons. The van der Waals surface area contributed by atoms with Crippen LogP contribution in [0.4, 0.5) is 0 Å². The molecule has 4 heteroatoms. The molecule has 3 rings (SSSR count). The fraction of sp³-hybridized carbons (Fsp3) is 0.296. The van der Waals surface area contributed by atoms with Crippen molar-refractivity contribution in [2.45, 2.75) is 44.8 Å². The fourth-order valence-electron chi connectivity index (χ4n) is 3.64. The highest BCUT2D eigenvalue weighted by Crippen LogP contribution is 2.32. The van der Waals surface area contributed by atoms with Gasteiger partial charge in [-0.2, -0.15) is 0 Å². The van der Waals surface area contributed by atoms with Crippen LogP contribution in [0.2, 0.25) is 0 Å². The van der Waals surface area contributed by atoms with Gasteiger partial charge in [0.05, 0.1) is 12.6 Å². The second-order valence-corrected chi connectivity index (χ2v) is 7.70. The summed E-state index contributed by atoms with van der Waals surface area (Å²) in [6.07, 6.45) is 2.28. The molecule has 0 saturated carbocycles. The summed E-state index contributed by atoms with van der Waals surface area (Å²) >= 11 is 0. The van der Waals surface area contributed by atoms with Gasteiger partial charge in [-0.3, -0.25) is 4.79 Å². The second kappa shape index (κ2) is 11.9. The zero-order valence-corrected chi connectivity index (χ0v) is 18.0. The summed E-state index contributed by atoms with van der Waals surface area (Å²) in [4.78, 5) is 12.6. The predicted molar refractivity (Wildman–Crippen MR) is 124 cm³/mol. The third-order valence-corrected chi connectivity index (χ3v) is 5.37. The van der Waals surface area contributed by atoms with Gasteiger partial charge in [0.15, 0.2) is 0 Å². The summed E-state index contributed by atoms with van der Waals surface area (Å²) in [5, 5.41) is 13.4. The molecule has 2 N–H and O–H groups in total. The Balaban J connectivity index is 1.84. The normalized spacial score (nSPS) is 12.7. The first-order valence-corrected chi connectivity index (χ1v) is 10.9. The van der Waals surface area contributed by atoms with E-state index in [-0.39, 0.29) is 24.5 Å². The maximum Gasteiger partial charge on any atom is 0.220 e. The smallest absolute Gasteiger partial charge is 0.220 e. The number of aliphatic hydroxyl groups is 1. The molecule has 0 aromatic heterocycles. The third kappa shape index (κ3) is 6.69. The predicted octanol–water partition coefficient (Wildman–Crippen LogP) is 5.39. The number of unbranched alkanes of at least 4 members (excludes halogenated alkanes) is 1. The molecule has 3 aromatic carbocycles. The minimum absolute atomic E-state index is 0.00293. The quantitative estimate of drug-likeness (QED) is 0.440. The summed E-state index contributed by atoms with van der Waals surface area (Å²) in [5.41, 5.74) is 2.99. The molecule has 0 aliphatic carbocycles. The van der Waals surface area contributed by atoms with Crippen LogP contribution in [-0.4, -0.2) is 17.6 Å². The topological polar surface area (TPSA) is 58.6 Å².